The first-order valence-corrected chi connectivity index (χ1v) is 7.05. The minimum absolute atomic E-state index is 0.338. The number of aryl methyl sites for hydroxylation is 1. The van der Waals surface area contributed by atoms with Gasteiger partial charge in [0.2, 0.25) is 0 Å². The van der Waals surface area contributed by atoms with E-state index in [1.165, 1.54) is 0 Å². The summed E-state index contributed by atoms with van der Waals surface area (Å²) in [6, 6.07) is 11.0. The highest BCUT2D eigenvalue weighted by Gasteiger charge is 2.12. The molecule has 0 saturated heterocycles. The molecular weight excluding hydrogens is 278 g/mol. The van der Waals surface area contributed by atoms with E-state index in [1.807, 2.05) is 31.2 Å². The summed E-state index contributed by atoms with van der Waals surface area (Å²) >= 11 is 0. The summed E-state index contributed by atoms with van der Waals surface area (Å²) in [5.74, 6) is -0.338. The van der Waals surface area contributed by atoms with Crippen molar-refractivity contribution in [3.63, 3.8) is 0 Å². The third-order valence-electron chi connectivity index (χ3n) is 3.30. The van der Waals surface area contributed by atoms with Gasteiger partial charge in [-0.2, -0.15) is 10.2 Å². The molecule has 0 amide bonds. The second-order valence-electron chi connectivity index (χ2n) is 4.87. The number of pyridine rings is 1. The van der Waals surface area contributed by atoms with Gasteiger partial charge in [-0.15, -0.1) is 0 Å². The van der Waals surface area contributed by atoms with E-state index >= 15 is 0 Å². The number of benzene rings is 1. The van der Waals surface area contributed by atoms with Crippen molar-refractivity contribution in [3.8, 4) is 11.3 Å². The number of hydrogen-bond acceptors (Lipinski definition) is 5. The molecule has 0 atom stereocenters. The molecule has 0 saturated carbocycles. The summed E-state index contributed by atoms with van der Waals surface area (Å²) in [6.45, 7) is 4.06. The molecule has 0 unspecified atom stereocenters. The summed E-state index contributed by atoms with van der Waals surface area (Å²) in [5, 5.41) is 8.94. The van der Waals surface area contributed by atoms with Crippen molar-refractivity contribution in [2.75, 3.05) is 6.61 Å². The average molecular weight is 293 g/mol. The van der Waals surface area contributed by atoms with Crippen LogP contribution in [0.3, 0.4) is 0 Å². The van der Waals surface area contributed by atoms with Gasteiger partial charge in [-0.25, -0.2) is 4.79 Å². The lowest BCUT2D eigenvalue weighted by Gasteiger charge is -2.09. The number of esters is 1. The van der Waals surface area contributed by atoms with Gasteiger partial charge in [0.15, 0.2) is 0 Å². The topological polar surface area (TPSA) is 65.0 Å². The standard InChI is InChI=1S/C17H15N3O2/c1-3-22-17(21)12-6-7-15-14(10-12)13(9-11(2)19-15)16-5-4-8-18-20-16/h4-10H,3H2,1-2H3. The summed E-state index contributed by atoms with van der Waals surface area (Å²) < 4.78 is 5.06. The van der Waals surface area contributed by atoms with Crippen molar-refractivity contribution in [1.29, 1.82) is 0 Å². The fourth-order valence-electron chi connectivity index (χ4n) is 2.36. The predicted molar refractivity (Wildman–Crippen MR) is 83.5 cm³/mol. The quantitative estimate of drug-likeness (QED) is 0.694. The second kappa shape index (κ2) is 5.89. The number of carbonyl (C=O) groups is 1. The number of rotatable bonds is 3. The zero-order valence-electron chi connectivity index (χ0n) is 12.4. The fraction of sp³-hybridized carbons (Fsp3) is 0.176. The van der Waals surface area contributed by atoms with E-state index in [4.69, 9.17) is 4.74 Å². The second-order valence-corrected chi connectivity index (χ2v) is 4.87. The fourth-order valence-corrected chi connectivity index (χ4v) is 2.36. The van der Waals surface area contributed by atoms with E-state index in [-0.39, 0.29) is 5.97 Å². The SMILES string of the molecule is CCOC(=O)c1ccc2nc(C)cc(-c3cccnn3)c2c1. The minimum Gasteiger partial charge on any atom is -0.462 e. The molecule has 0 aliphatic heterocycles. The van der Waals surface area contributed by atoms with Gasteiger partial charge in [0, 0.05) is 22.8 Å². The van der Waals surface area contributed by atoms with E-state index in [0.717, 1.165) is 27.9 Å². The molecule has 0 radical (unpaired) electrons. The van der Waals surface area contributed by atoms with Crippen molar-refractivity contribution in [2.45, 2.75) is 13.8 Å². The van der Waals surface area contributed by atoms with Crippen LogP contribution in [-0.4, -0.2) is 27.8 Å². The van der Waals surface area contributed by atoms with Crippen molar-refractivity contribution in [3.05, 3.63) is 53.9 Å². The third kappa shape index (κ3) is 2.65. The molecule has 0 aliphatic carbocycles. The number of nitrogens with zero attached hydrogens (tertiary/aromatic N) is 3. The lowest BCUT2D eigenvalue weighted by Crippen LogP contribution is -2.04. The predicted octanol–water partition coefficient (Wildman–Crippen LogP) is 3.18. The Kier molecular flexibility index (Phi) is 3.78. The molecule has 22 heavy (non-hydrogen) atoms. The Bertz CT molecular complexity index is 832. The van der Waals surface area contributed by atoms with Crippen LogP contribution in [0.2, 0.25) is 0 Å². The number of fused-ring (bicyclic) bond motifs is 1. The van der Waals surface area contributed by atoms with Gasteiger partial charge >= 0.3 is 5.97 Å². The van der Waals surface area contributed by atoms with Gasteiger partial charge in [-0.05, 0) is 50.2 Å². The molecule has 3 aromatic rings. The lowest BCUT2D eigenvalue weighted by atomic mass is 10.0. The molecule has 1 aromatic carbocycles. The summed E-state index contributed by atoms with van der Waals surface area (Å²) in [5.41, 5.74) is 3.86. The van der Waals surface area contributed by atoms with Crippen LogP contribution >= 0.6 is 0 Å². The molecule has 0 aliphatic rings. The van der Waals surface area contributed by atoms with Gasteiger partial charge in [0.1, 0.15) is 0 Å². The average Bonchev–Trinajstić information content (AvgIpc) is 2.54. The molecule has 0 N–H and O–H groups in total. The zero-order valence-corrected chi connectivity index (χ0v) is 12.4. The van der Waals surface area contributed by atoms with E-state index in [0.29, 0.717) is 12.2 Å². The van der Waals surface area contributed by atoms with Crippen molar-refractivity contribution in [1.82, 2.24) is 15.2 Å². The third-order valence-corrected chi connectivity index (χ3v) is 3.30. The van der Waals surface area contributed by atoms with Crippen LogP contribution in [0, 0.1) is 6.92 Å². The monoisotopic (exact) mass is 293 g/mol. The van der Waals surface area contributed by atoms with Crippen LogP contribution in [0.25, 0.3) is 22.2 Å². The van der Waals surface area contributed by atoms with Crippen molar-refractivity contribution in [2.24, 2.45) is 0 Å². The first kappa shape index (κ1) is 14.1. The first-order chi connectivity index (χ1) is 10.7. The van der Waals surface area contributed by atoms with Gasteiger partial charge in [-0.1, -0.05) is 0 Å². The maximum Gasteiger partial charge on any atom is 0.338 e. The minimum atomic E-state index is -0.338. The maximum absolute atomic E-state index is 11.9. The maximum atomic E-state index is 11.9. The van der Waals surface area contributed by atoms with Gasteiger partial charge in [0.05, 0.1) is 23.4 Å². The van der Waals surface area contributed by atoms with Gasteiger partial charge in [-0.3, -0.25) is 4.98 Å². The zero-order chi connectivity index (χ0) is 15.5. The Morgan fingerprint density at radius 3 is 2.82 bits per heavy atom. The lowest BCUT2D eigenvalue weighted by molar-refractivity contribution is 0.0526. The van der Waals surface area contributed by atoms with Crippen LogP contribution in [-0.2, 0) is 4.74 Å². The van der Waals surface area contributed by atoms with Crippen LogP contribution in [0.4, 0.5) is 0 Å². The number of hydrogen-bond donors (Lipinski definition) is 0. The normalized spacial score (nSPS) is 10.6. The molecule has 0 fully saturated rings. The molecule has 5 nitrogen and oxygen atoms in total. The number of carbonyl (C=O) groups excluding carboxylic acids is 1. The molecule has 5 heteroatoms. The summed E-state index contributed by atoms with van der Waals surface area (Å²) in [6.07, 6.45) is 1.63. The summed E-state index contributed by atoms with van der Waals surface area (Å²) in [7, 11) is 0. The summed E-state index contributed by atoms with van der Waals surface area (Å²) in [4.78, 5) is 16.4. The highest BCUT2D eigenvalue weighted by atomic mass is 16.5. The molecule has 0 spiro atoms. The Morgan fingerprint density at radius 2 is 2.09 bits per heavy atom. The Morgan fingerprint density at radius 1 is 1.23 bits per heavy atom. The molecule has 0 bridgehead atoms. The Balaban J connectivity index is 2.22. The number of aromatic nitrogens is 3. The molecule has 2 heterocycles. The highest BCUT2D eigenvalue weighted by molar-refractivity contribution is 5.99. The molecular formula is C17H15N3O2. The molecule has 3 rings (SSSR count). The van der Waals surface area contributed by atoms with Crippen LogP contribution in [0.1, 0.15) is 23.0 Å². The molecule has 2 aromatic heterocycles. The van der Waals surface area contributed by atoms with Gasteiger partial charge in [0.25, 0.3) is 0 Å². The smallest absolute Gasteiger partial charge is 0.338 e. The van der Waals surface area contributed by atoms with Crippen LogP contribution in [0.5, 0.6) is 0 Å². The van der Waals surface area contributed by atoms with Crippen LogP contribution < -0.4 is 0 Å². The van der Waals surface area contributed by atoms with Crippen molar-refractivity contribution < 1.29 is 9.53 Å². The van der Waals surface area contributed by atoms with Crippen LogP contribution in [0.15, 0.2) is 42.6 Å². The van der Waals surface area contributed by atoms with E-state index in [9.17, 15) is 4.79 Å². The van der Waals surface area contributed by atoms with E-state index in [2.05, 4.69) is 15.2 Å². The number of ether oxygens (including phenoxy) is 1. The van der Waals surface area contributed by atoms with E-state index in [1.54, 1.807) is 25.3 Å². The molecule has 110 valence electrons. The van der Waals surface area contributed by atoms with Gasteiger partial charge < -0.3 is 4.74 Å². The Hall–Kier alpha value is -2.82. The van der Waals surface area contributed by atoms with E-state index < -0.39 is 0 Å². The largest absolute Gasteiger partial charge is 0.462 e. The Labute approximate surface area is 128 Å². The first-order valence-electron chi connectivity index (χ1n) is 7.05. The highest BCUT2D eigenvalue weighted by Crippen LogP contribution is 2.27. The van der Waals surface area contributed by atoms with Crippen molar-refractivity contribution >= 4 is 16.9 Å².